The van der Waals surface area contributed by atoms with Gasteiger partial charge in [0.1, 0.15) is 16.5 Å². The molecule has 1 amide bonds. The smallest absolute Gasteiger partial charge is 0.250 e. The number of carbonyl (C=O) groups is 1. The van der Waals surface area contributed by atoms with Gasteiger partial charge < -0.3 is 9.73 Å². The van der Waals surface area contributed by atoms with Crippen LogP contribution in [-0.2, 0) is 11.2 Å². The Labute approximate surface area is 230 Å². The Morgan fingerprint density at radius 2 is 2.03 bits per heavy atom. The van der Waals surface area contributed by atoms with Gasteiger partial charge in [-0.15, -0.1) is 10.2 Å². The summed E-state index contributed by atoms with van der Waals surface area (Å²) in [4.78, 5) is 13.1. The third-order valence-corrected chi connectivity index (χ3v) is 6.90. The number of rotatable bonds is 6. The van der Waals surface area contributed by atoms with Crippen molar-refractivity contribution in [3.63, 3.8) is 0 Å². The fraction of sp³-hybridized carbons (Fsp3) is 0.0800. The molecule has 3 aromatic heterocycles. The number of thiocarbonyl (C=S) groups is 1. The predicted octanol–water partition coefficient (Wildman–Crippen LogP) is 6.51. The van der Waals surface area contributed by atoms with E-state index in [0.29, 0.717) is 32.8 Å². The minimum absolute atomic E-state index is 0.159. The highest BCUT2D eigenvalue weighted by Crippen LogP contribution is 2.32. The molecule has 0 radical (unpaired) electrons. The topological polar surface area (TPSA) is 97.3 Å². The predicted molar refractivity (Wildman–Crippen MR) is 151 cm³/mol. The van der Waals surface area contributed by atoms with Crippen LogP contribution in [0.3, 0.4) is 0 Å². The van der Waals surface area contributed by atoms with E-state index < -0.39 is 5.91 Å². The molecule has 0 spiro atoms. The molecule has 0 saturated carbocycles. The van der Waals surface area contributed by atoms with Gasteiger partial charge in [-0.1, -0.05) is 53.6 Å². The number of furan rings is 1. The van der Waals surface area contributed by atoms with Gasteiger partial charge in [0.25, 0.3) is 0 Å². The third kappa shape index (κ3) is 5.72. The molecule has 3 heterocycles. The fourth-order valence-corrected chi connectivity index (χ4v) is 5.05. The van der Waals surface area contributed by atoms with E-state index in [1.807, 2.05) is 31.2 Å². The summed E-state index contributed by atoms with van der Waals surface area (Å²) in [5.41, 5.74) is 2.31. The van der Waals surface area contributed by atoms with Crippen molar-refractivity contribution in [1.82, 2.24) is 25.1 Å². The molecular formula is C25H18Cl2N6O2S2. The number of hydrogen-bond acceptors (Lipinski definition) is 7. The zero-order valence-electron chi connectivity index (χ0n) is 19.2. The summed E-state index contributed by atoms with van der Waals surface area (Å²) in [6, 6.07) is 16.2. The Hall–Kier alpha value is -3.57. The summed E-state index contributed by atoms with van der Waals surface area (Å²) >= 11 is 18.9. The van der Waals surface area contributed by atoms with Crippen LogP contribution in [0, 0.1) is 0 Å². The van der Waals surface area contributed by atoms with Gasteiger partial charge in [0.05, 0.1) is 5.02 Å². The van der Waals surface area contributed by atoms with Crippen molar-refractivity contribution in [2.24, 2.45) is 0 Å². The third-order valence-electron chi connectivity index (χ3n) is 5.20. The number of nitrogens with zero attached hydrogens (tertiary/aromatic N) is 4. The molecule has 12 heteroatoms. The van der Waals surface area contributed by atoms with E-state index in [9.17, 15) is 4.79 Å². The summed E-state index contributed by atoms with van der Waals surface area (Å²) in [6.07, 6.45) is 3.62. The van der Waals surface area contributed by atoms with Crippen LogP contribution >= 0.6 is 46.8 Å². The van der Waals surface area contributed by atoms with Crippen LogP contribution in [0.4, 0.5) is 5.69 Å². The second-order valence-corrected chi connectivity index (χ2v) is 9.96. The minimum Gasteiger partial charge on any atom is -0.457 e. The summed E-state index contributed by atoms with van der Waals surface area (Å²) in [5.74, 6) is 1.45. The SMILES string of the molecule is CCc1nnc2sc(-c3cccc(NC(=S)NC(=O)/C=C/c4ccc(-c5ccc(Cl)cc5Cl)o4)c3)nn12. The van der Waals surface area contributed by atoms with Gasteiger partial charge in [0, 0.05) is 34.3 Å². The van der Waals surface area contributed by atoms with Gasteiger partial charge in [-0.05, 0) is 60.8 Å². The van der Waals surface area contributed by atoms with E-state index in [-0.39, 0.29) is 5.11 Å². The van der Waals surface area contributed by atoms with Crippen molar-refractivity contribution in [3.05, 3.63) is 82.3 Å². The van der Waals surface area contributed by atoms with Crippen molar-refractivity contribution < 1.29 is 9.21 Å². The fourth-order valence-electron chi connectivity index (χ4n) is 3.47. The summed E-state index contributed by atoms with van der Waals surface area (Å²) in [7, 11) is 0. The largest absolute Gasteiger partial charge is 0.457 e. The second-order valence-electron chi connectivity index (χ2n) is 7.76. The average molecular weight is 569 g/mol. The second kappa shape index (κ2) is 10.8. The van der Waals surface area contributed by atoms with Crippen LogP contribution in [-0.4, -0.2) is 30.8 Å². The molecule has 0 bridgehead atoms. The number of halogens is 2. The number of benzene rings is 2. The number of fused-ring (bicyclic) bond motifs is 1. The highest BCUT2D eigenvalue weighted by molar-refractivity contribution is 7.80. The first-order valence-electron chi connectivity index (χ1n) is 11.1. The van der Waals surface area contributed by atoms with E-state index in [1.54, 1.807) is 40.9 Å². The van der Waals surface area contributed by atoms with Crippen LogP contribution in [0.2, 0.25) is 10.0 Å². The highest BCUT2D eigenvalue weighted by Gasteiger charge is 2.13. The van der Waals surface area contributed by atoms with E-state index in [0.717, 1.165) is 27.8 Å². The standard InChI is InChI=1S/C25H18Cl2N6O2S2/c1-2-21-30-31-25-33(21)32-23(37-25)14-4-3-5-16(12-14)28-24(36)29-22(34)11-8-17-7-10-20(35-17)18-9-6-15(26)13-19(18)27/h3-13H,2H2,1H3,(H2,28,29,34,36)/b11-8+. The van der Waals surface area contributed by atoms with Crippen LogP contribution in [0.1, 0.15) is 18.5 Å². The van der Waals surface area contributed by atoms with Crippen molar-refractivity contribution in [2.45, 2.75) is 13.3 Å². The van der Waals surface area contributed by atoms with Crippen LogP contribution in [0.15, 0.2) is 65.1 Å². The molecule has 0 aliphatic carbocycles. The molecule has 0 aliphatic heterocycles. The van der Waals surface area contributed by atoms with Gasteiger partial charge >= 0.3 is 0 Å². The molecular weight excluding hydrogens is 551 g/mol. The first-order chi connectivity index (χ1) is 17.9. The molecule has 0 aliphatic rings. The zero-order chi connectivity index (χ0) is 25.9. The van der Waals surface area contributed by atoms with Crippen LogP contribution in [0.5, 0.6) is 0 Å². The number of aromatic nitrogens is 4. The Bertz CT molecular complexity index is 1660. The lowest BCUT2D eigenvalue weighted by Gasteiger charge is -2.09. The maximum absolute atomic E-state index is 12.4. The Kier molecular flexibility index (Phi) is 7.33. The van der Waals surface area contributed by atoms with Crippen molar-refractivity contribution >= 4 is 74.5 Å². The number of anilines is 1. The number of aryl methyl sites for hydroxylation is 1. The van der Waals surface area contributed by atoms with E-state index in [4.69, 9.17) is 39.8 Å². The highest BCUT2D eigenvalue weighted by atomic mass is 35.5. The first-order valence-corrected chi connectivity index (χ1v) is 13.0. The number of nitrogens with one attached hydrogen (secondary N) is 2. The summed E-state index contributed by atoms with van der Waals surface area (Å²) < 4.78 is 7.52. The lowest BCUT2D eigenvalue weighted by Crippen LogP contribution is -2.32. The number of amides is 1. The maximum atomic E-state index is 12.4. The molecule has 5 aromatic rings. The molecule has 5 rings (SSSR count). The van der Waals surface area contributed by atoms with Crippen molar-refractivity contribution in [2.75, 3.05) is 5.32 Å². The molecule has 0 atom stereocenters. The monoisotopic (exact) mass is 568 g/mol. The van der Waals surface area contributed by atoms with Crippen molar-refractivity contribution in [3.8, 4) is 21.9 Å². The lowest BCUT2D eigenvalue weighted by molar-refractivity contribution is -0.115. The van der Waals surface area contributed by atoms with Gasteiger partial charge in [0.2, 0.25) is 10.9 Å². The molecule has 8 nitrogen and oxygen atoms in total. The summed E-state index contributed by atoms with van der Waals surface area (Å²) in [6.45, 7) is 2.01. The lowest BCUT2D eigenvalue weighted by atomic mass is 10.2. The summed E-state index contributed by atoms with van der Waals surface area (Å²) in [5, 5.41) is 20.5. The van der Waals surface area contributed by atoms with E-state index in [2.05, 4.69) is 25.9 Å². The van der Waals surface area contributed by atoms with E-state index in [1.165, 1.54) is 17.4 Å². The molecule has 0 fully saturated rings. The average Bonchev–Trinajstić information content (AvgIpc) is 3.59. The molecule has 0 unspecified atom stereocenters. The Balaban J connectivity index is 1.20. The first kappa shape index (κ1) is 25.1. The van der Waals surface area contributed by atoms with Gasteiger partial charge in [0.15, 0.2) is 10.9 Å². The molecule has 186 valence electrons. The molecule has 2 aromatic carbocycles. The molecule has 2 N–H and O–H groups in total. The number of carbonyl (C=O) groups excluding carboxylic acids is 1. The van der Waals surface area contributed by atoms with Gasteiger partial charge in [-0.3, -0.25) is 10.1 Å². The Morgan fingerprint density at radius 1 is 1.16 bits per heavy atom. The maximum Gasteiger partial charge on any atom is 0.250 e. The zero-order valence-corrected chi connectivity index (χ0v) is 22.4. The number of hydrogen-bond donors (Lipinski definition) is 2. The molecule has 37 heavy (non-hydrogen) atoms. The van der Waals surface area contributed by atoms with Gasteiger partial charge in [-0.2, -0.15) is 9.61 Å². The van der Waals surface area contributed by atoms with Crippen LogP contribution in [0.25, 0.3) is 32.9 Å². The minimum atomic E-state index is -0.406. The van der Waals surface area contributed by atoms with Gasteiger partial charge in [-0.25, -0.2) is 0 Å². The quantitative estimate of drug-likeness (QED) is 0.178. The van der Waals surface area contributed by atoms with E-state index >= 15 is 0 Å². The Morgan fingerprint density at radius 3 is 2.84 bits per heavy atom. The molecule has 0 saturated heterocycles. The van der Waals surface area contributed by atoms with Crippen molar-refractivity contribution in [1.29, 1.82) is 0 Å². The normalized spacial score (nSPS) is 11.3. The van der Waals surface area contributed by atoms with Crippen LogP contribution < -0.4 is 10.6 Å².